The van der Waals surface area contributed by atoms with Crippen LogP contribution in [0.4, 0.5) is 5.69 Å². The summed E-state index contributed by atoms with van der Waals surface area (Å²) in [6.45, 7) is 1.99. The van der Waals surface area contributed by atoms with E-state index in [2.05, 4.69) is 5.32 Å². The lowest BCUT2D eigenvalue weighted by Crippen LogP contribution is -2.20. The second kappa shape index (κ2) is 5.16. The first kappa shape index (κ1) is 13.0. The third-order valence-corrected chi connectivity index (χ3v) is 5.04. The van der Waals surface area contributed by atoms with E-state index in [1.54, 1.807) is 0 Å². The molecule has 0 saturated heterocycles. The van der Waals surface area contributed by atoms with Gasteiger partial charge >= 0.3 is 0 Å². The van der Waals surface area contributed by atoms with Gasteiger partial charge in [0.15, 0.2) is 0 Å². The minimum absolute atomic E-state index is 0.114. The Labute approximate surface area is 119 Å². The molecular weight excluding hydrogens is 258 g/mol. The smallest absolute Gasteiger partial charge is 0.224 e. The highest BCUT2D eigenvalue weighted by atomic mass is 35.5. The minimum atomic E-state index is 0.114. The van der Waals surface area contributed by atoms with Crippen LogP contribution >= 0.6 is 11.6 Å². The summed E-state index contributed by atoms with van der Waals surface area (Å²) >= 11 is 6.14. The summed E-state index contributed by atoms with van der Waals surface area (Å²) in [5.74, 6) is 2.40. The second-order valence-electron chi connectivity index (χ2n) is 6.17. The Morgan fingerprint density at radius 2 is 2.21 bits per heavy atom. The van der Waals surface area contributed by atoms with Crippen LogP contribution in [0.25, 0.3) is 0 Å². The highest BCUT2D eigenvalue weighted by Crippen LogP contribution is 2.49. The van der Waals surface area contributed by atoms with Gasteiger partial charge in [0.2, 0.25) is 5.91 Å². The standard InChI is InChI=1S/C16H20ClNO/c1-10-2-5-15(14(17)6-10)18-16(19)9-13-8-11-3-4-12(13)7-11/h2,5-6,11-13H,3-4,7-9H2,1H3,(H,18,19)/t11-,12-,13-/m1/s1. The molecule has 2 aliphatic carbocycles. The lowest BCUT2D eigenvalue weighted by atomic mass is 9.86. The summed E-state index contributed by atoms with van der Waals surface area (Å²) in [6.07, 6.45) is 5.97. The molecule has 0 heterocycles. The number of aryl methyl sites for hydroxylation is 1. The van der Waals surface area contributed by atoms with Gasteiger partial charge in [0, 0.05) is 6.42 Å². The average Bonchev–Trinajstić information content (AvgIpc) is 2.95. The van der Waals surface area contributed by atoms with E-state index in [4.69, 9.17) is 11.6 Å². The van der Waals surface area contributed by atoms with Gasteiger partial charge in [-0.1, -0.05) is 24.1 Å². The topological polar surface area (TPSA) is 29.1 Å². The Hall–Kier alpha value is -1.02. The fourth-order valence-electron chi connectivity index (χ4n) is 3.79. The number of fused-ring (bicyclic) bond motifs is 2. The molecule has 0 spiro atoms. The van der Waals surface area contributed by atoms with Crippen LogP contribution in [0, 0.1) is 24.7 Å². The molecule has 3 heteroatoms. The Kier molecular flexibility index (Phi) is 3.53. The number of hydrogen-bond donors (Lipinski definition) is 1. The number of rotatable bonds is 3. The Balaban J connectivity index is 1.59. The monoisotopic (exact) mass is 277 g/mol. The fourth-order valence-corrected chi connectivity index (χ4v) is 4.07. The minimum Gasteiger partial charge on any atom is -0.325 e. The molecule has 19 heavy (non-hydrogen) atoms. The van der Waals surface area contributed by atoms with Crippen LogP contribution in [0.2, 0.25) is 5.02 Å². The van der Waals surface area contributed by atoms with Crippen LogP contribution in [-0.2, 0) is 4.79 Å². The number of carbonyl (C=O) groups is 1. The van der Waals surface area contributed by atoms with Crippen LogP contribution in [0.5, 0.6) is 0 Å². The van der Waals surface area contributed by atoms with Crippen LogP contribution < -0.4 is 5.32 Å². The lowest BCUT2D eigenvalue weighted by molar-refractivity contribution is -0.117. The van der Waals surface area contributed by atoms with Crippen molar-refractivity contribution in [2.24, 2.45) is 17.8 Å². The third-order valence-electron chi connectivity index (χ3n) is 4.73. The SMILES string of the molecule is Cc1ccc(NC(=O)C[C@H]2C[C@@H]3CC[C@@H]2C3)c(Cl)c1. The molecule has 0 aromatic heterocycles. The van der Waals surface area contributed by atoms with E-state index in [0.717, 1.165) is 23.1 Å². The number of nitrogens with one attached hydrogen (secondary N) is 1. The number of carbonyl (C=O) groups excluding carboxylic acids is 1. The van der Waals surface area contributed by atoms with Crippen LogP contribution in [0.3, 0.4) is 0 Å². The van der Waals surface area contributed by atoms with E-state index in [0.29, 0.717) is 17.4 Å². The van der Waals surface area contributed by atoms with Crippen molar-refractivity contribution in [3.63, 3.8) is 0 Å². The Bertz CT molecular complexity index is 500. The number of benzene rings is 1. The quantitative estimate of drug-likeness (QED) is 0.871. The van der Waals surface area contributed by atoms with E-state index >= 15 is 0 Å². The highest BCUT2D eigenvalue weighted by molar-refractivity contribution is 6.33. The van der Waals surface area contributed by atoms with Gasteiger partial charge in [0.25, 0.3) is 0 Å². The molecule has 3 rings (SSSR count). The van der Waals surface area contributed by atoms with E-state index in [1.165, 1.54) is 25.7 Å². The normalized spacial score (nSPS) is 28.6. The maximum atomic E-state index is 12.1. The van der Waals surface area contributed by atoms with Crippen LogP contribution in [-0.4, -0.2) is 5.91 Å². The van der Waals surface area contributed by atoms with E-state index in [9.17, 15) is 4.79 Å². The predicted molar refractivity (Wildman–Crippen MR) is 78.4 cm³/mol. The summed E-state index contributed by atoms with van der Waals surface area (Å²) in [7, 11) is 0. The highest BCUT2D eigenvalue weighted by Gasteiger charge is 2.40. The summed E-state index contributed by atoms with van der Waals surface area (Å²) in [5, 5.41) is 3.58. The molecule has 1 amide bonds. The number of amides is 1. The van der Waals surface area contributed by atoms with Crippen molar-refractivity contribution in [1.82, 2.24) is 0 Å². The molecule has 2 aliphatic rings. The summed E-state index contributed by atoms with van der Waals surface area (Å²) in [6, 6.07) is 5.74. The van der Waals surface area contributed by atoms with Gasteiger partial charge < -0.3 is 5.32 Å². The zero-order valence-corrected chi connectivity index (χ0v) is 12.0. The molecule has 2 fully saturated rings. The molecule has 2 nitrogen and oxygen atoms in total. The molecule has 102 valence electrons. The molecule has 3 atom stereocenters. The molecule has 1 aromatic rings. The maximum Gasteiger partial charge on any atom is 0.224 e. The molecule has 1 N–H and O–H groups in total. The van der Waals surface area contributed by atoms with Gasteiger partial charge in [0.05, 0.1) is 10.7 Å². The molecule has 0 aliphatic heterocycles. The van der Waals surface area contributed by atoms with E-state index in [1.807, 2.05) is 25.1 Å². The van der Waals surface area contributed by atoms with Gasteiger partial charge in [-0.25, -0.2) is 0 Å². The number of anilines is 1. The summed E-state index contributed by atoms with van der Waals surface area (Å²) < 4.78 is 0. The zero-order chi connectivity index (χ0) is 13.4. The zero-order valence-electron chi connectivity index (χ0n) is 11.3. The van der Waals surface area contributed by atoms with Crippen molar-refractivity contribution >= 4 is 23.2 Å². The summed E-state index contributed by atoms with van der Waals surface area (Å²) in [5.41, 5.74) is 1.84. The number of hydrogen-bond acceptors (Lipinski definition) is 1. The average molecular weight is 278 g/mol. The van der Waals surface area contributed by atoms with Gasteiger partial charge in [-0.15, -0.1) is 0 Å². The largest absolute Gasteiger partial charge is 0.325 e. The fraction of sp³-hybridized carbons (Fsp3) is 0.562. The molecule has 0 unspecified atom stereocenters. The second-order valence-corrected chi connectivity index (χ2v) is 6.58. The number of halogens is 1. The lowest BCUT2D eigenvalue weighted by Gasteiger charge is -2.21. The first-order valence-electron chi connectivity index (χ1n) is 7.18. The van der Waals surface area contributed by atoms with E-state index in [-0.39, 0.29) is 5.91 Å². The van der Waals surface area contributed by atoms with Crippen LogP contribution in [0.15, 0.2) is 18.2 Å². The third kappa shape index (κ3) is 2.79. The van der Waals surface area contributed by atoms with Crippen molar-refractivity contribution in [2.75, 3.05) is 5.32 Å². The van der Waals surface area contributed by atoms with Gasteiger partial charge in [-0.05, 0) is 61.6 Å². The molecular formula is C16H20ClNO. The Morgan fingerprint density at radius 3 is 2.84 bits per heavy atom. The van der Waals surface area contributed by atoms with Gasteiger partial charge in [0.1, 0.15) is 0 Å². The van der Waals surface area contributed by atoms with Crippen LogP contribution in [0.1, 0.15) is 37.7 Å². The molecule has 0 radical (unpaired) electrons. The van der Waals surface area contributed by atoms with Gasteiger partial charge in [-0.2, -0.15) is 0 Å². The Morgan fingerprint density at radius 1 is 1.37 bits per heavy atom. The predicted octanol–water partition coefficient (Wildman–Crippen LogP) is 4.41. The molecule has 2 bridgehead atoms. The van der Waals surface area contributed by atoms with Crippen molar-refractivity contribution in [3.05, 3.63) is 28.8 Å². The maximum absolute atomic E-state index is 12.1. The molecule has 2 saturated carbocycles. The van der Waals surface area contributed by atoms with Gasteiger partial charge in [-0.3, -0.25) is 4.79 Å². The first-order chi connectivity index (χ1) is 9.11. The first-order valence-corrected chi connectivity index (χ1v) is 7.55. The van der Waals surface area contributed by atoms with Crippen molar-refractivity contribution in [1.29, 1.82) is 0 Å². The summed E-state index contributed by atoms with van der Waals surface area (Å²) in [4.78, 5) is 12.1. The van der Waals surface area contributed by atoms with E-state index < -0.39 is 0 Å². The molecule has 1 aromatic carbocycles. The van der Waals surface area contributed by atoms with Crippen molar-refractivity contribution in [3.8, 4) is 0 Å². The van der Waals surface area contributed by atoms with Crippen molar-refractivity contribution < 1.29 is 4.79 Å². The van der Waals surface area contributed by atoms with Crippen molar-refractivity contribution in [2.45, 2.75) is 39.0 Å².